The number of nitrogens with zero attached hydrogens (tertiary/aromatic N) is 1. The number of hydrogen-bond acceptors (Lipinski definition) is 3. The summed E-state index contributed by atoms with van der Waals surface area (Å²) in [7, 11) is 0. The smallest absolute Gasteiger partial charge is 0.0837 e. The van der Waals surface area contributed by atoms with Gasteiger partial charge in [-0.25, -0.2) is 0 Å². The van der Waals surface area contributed by atoms with E-state index in [1.54, 1.807) is 12.1 Å². The molecule has 0 aliphatic rings. The van der Waals surface area contributed by atoms with Gasteiger partial charge in [0.25, 0.3) is 0 Å². The molecule has 4 N–H and O–H groups in total. The third-order valence-electron chi connectivity index (χ3n) is 3.06. The van der Waals surface area contributed by atoms with E-state index in [0.29, 0.717) is 20.8 Å². The van der Waals surface area contributed by atoms with E-state index < -0.39 is 0 Å². The van der Waals surface area contributed by atoms with Crippen molar-refractivity contribution >= 4 is 115 Å². The lowest BCUT2D eigenvalue weighted by atomic mass is 10.3. The molecule has 29 heavy (non-hydrogen) atoms. The third-order valence-corrected chi connectivity index (χ3v) is 5.87. The van der Waals surface area contributed by atoms with Crippen molar-refractivity contribution in [3.63, 3.8) is 0 Å². The number of para-hydroxylation sites is 1. The lowest BCUT2D eigenvalue weighted by Gasteiger charge is -2.04. The first-order valence-corrected chi connectivity index (χ1v) is 10.9. The van der Waals surface area contributed by atoms with Crippen molar-refractivity contribution in [3.05, 3.63) is 84.2 Å². The van der Waals surface area contributed by atoms with Crippen molar-refractivity contribution in [2.45, 2.75) is 0 Å². The fourth-order valence-electron chi connectivity index (χ4n) is 1.63. The monoisotopic (exact) mass is 595 g/mol. The van der Waals surface area contributed by atoms with Crippen LogP contribution in [-0.4, -0.2) is 0 Å². The van der Waals surface area contributed by atoms with E-state index in [9.17, 15) is 0 Å². The second-order valence-electron chi connectivity index (χ2n) is 5.12. The number of halogens is 8. The first-order chi connectivity index (χ1) is 13.5. The average molecular weight is 599 g/mol. The van der Waals surface area contributed by atoms with Gasteiger partial charge in [-0.15, -0.1) is 0 Å². The summed E-state index contributed by atoms with van der Waals surface area (Å²) in [5, 5.41) is 1.67. The average Bonchev–Trinajstić information content (AvgIpc) is 2.69. The fourth-order valence-corrected chi connectivity index (χ4v) is 3.36. The van der Waals surface area contributed by atoms with Gasteiger partial charge < -0.3 is 11.5 Å². The predicted molar refractivity (Wildman–Crippen MR) is 135 cm³/mol. The van der Waals surface area contributed by atoms with Crippen LogP contribution in [0, 0.1) is 0 Å². The Morgan fingerprint density at radius 3 is 1.59 bits per heavy atom. The molecule has 156 valence electrons. The lowest BCUT2D eigenvalue weighted by molar-refractivity contribution is 1.58. The summed E-state index contributed by atoms with van der Waals surface area (Å²) in [6, 6.07) is 16.1. The van der Waals surface area contributed by atoms with E-state index in [0.717, 1.165) is 14.1 Å². The topological polar surface area (TPSA) is 55.3 Å². The number of nitrogen functional groups attached to an aromatic ring is 2. The lowest BCUT2D eigenvalue weighted by Crippen LogP contribution is -1.89. The SMILES string of the molecule is ClN(Cl)c1ccccc1.Nc1c(Cl)c(Cl)cc(Cl)c1Cl.Nc1ccc(Br)cc1Cl. The molecule has 3 aromatic rings. The highest BCUT2D eigenvalue weighted by atomic mass is 79.9. The maximum absolute atomic E-state index is 5.66. The maximum Gasteiger partial charge on any atom is 0.0837 e. The Morgan fingerprint density at radius 1 is 0.690 bits per heavy atom. The standard InChI is InChI=1S/C6H5BrClN.C6H3Cl4N.C6H5Cl2N/c7-4-1-2-6(9)5(8)3-4;7-2-1-3(8)5(10)6(11)4(2)9;7-9(8)6-4-2-1-3-5-6/h1-3H,9H2;1H,11H2;1-5H. The highest BCUT2D eigenvalue weighted by molar-refractivity contribution is 9.10. The molecule has 0 heterocycles. The van der Waals surface area contributed by atoms with E-state index in [2.05, 4.69) is 15.9 Å². The van der Waals surface area contributed by atoms with Gasteiger partial charge in [0.15, 0.2) is 0 Å². The van der Waals surface area contributed by atoms with Crippen LogP contribution >= 0.6 is 97.5 Å². The van der Waals surface area contributed by atoms with Crippen molar-refractivity contribution in [1.82, 2.24) is 0 Å². The van der Waals surface area contributed by atoms with Gasteiger partial charge in [0.2, 0.25) is 0 Å². The van der Waals surface area contributed by atoms with Gasteiger partial charge in [0, 0.05) is 28.0 Å². The second-order valence-corrected chi connectivity index (χ2v) is 8.86. The normalized spacial score (nSPS) is 9.66. The molecule has 0 saturated carbocycles. The highest BCUT2D eigenvalue weighted by Crippen LogP contribution is 2.38. The van der Waals surface area contributed by atoms with Crippen LogP contribution in [0.25, 0.3) is 0 Å². The summed E-state index contributed by atoms with van der Waals surface area (Å²) in [6.07, 6.45) is 0. The third kappa shape index (κ3) is 9.07. The van der Waals surface area contributed by atoms with Crippen LogP contribution in [0.2, 0.25) is 25.1 Å². The number of rotatable bonds is 1. The molecule has 0 aliphatic carbocycles. The Hall–Kier alpha value is -0.430. The summed E-state index contributed by atoms with van der Waals surface area (Å²) in [5.41, 5.74) is 12.5. The Morgan fingerprint density at radius 2 is 1.21 bits per heavy atom. The van der Waals surface area contributed by atoms with Gasteiger partial charge in [0.1, 0.15) is 0 Å². The summed E-state index contributed by atoms with van der Waals surface area (Å²) in [4.78, 5) is 0. The molecule has 0 bridgehead atoms. The molecular weight excluding hydrogens is 586 g/mol. The van der Waals surface area contributed by atoms with Crippen LogP contribution < -0.4 is 15.4 Å². The molecular formula is C18H13BrCl7N3. The zero-order valence-electron chi connectivity index (χ0n) is 14.3. The summed E-state index contributed by atoms with van der Waals surface area (Å²) >= 11 is 42.3. The van der Waals surface area contributed by atoms with Crippen molar-refractivity contribution in [2.24, 2.45) is 0 Å². The van der Waals surface area contributed by atoms with Gasteiger partial charge in [-0.05, 0) is 36.4 Å². The molecule has 0 spiro atoms. The van der Waals surface area contributed by atoms with Crippen LogP contribution in [-0.2, 0) is 0 Å². The fraction of sp³-hybridized carbons (Fsp3) is 0. The van der Waals surface area contributed by atoms with E-state index >= 15 is 0 Å². The van der Waals surface area contributed by atoms with E-state index in [-0.39, 0.29) is 15.7 Å². The van der Waals surface area contributed by atoms with Gasteiger partial charge in [-0.3, -0.25) is 0 Å². The molecule has 0 amide bonds. The zero-order valence-corrected chi connectivity index (χ0v) is 21.2. The quantitative estimate of drug-likeness (QED) is 0.167. The Kier molecular flexibility index (Phi) is 12.0. The molecule has 0 fully saturated rings. The Labute approximate surface area is 212 Å². The molecule has 0 aliphatic heterocycles. The van der Waals surface area contributed by atoms with Crippen molar-refractivity contribution in [1.29, 1.82) is 0 Å². The summed E-state index contributed by atoms with van der Waals surface area (Å²) in [5.74, 6) is 0. The molecule has 11 heteroatoms. The maximum atomic E-state index is 5.66. The Balaban J connectivity index is 0.000000219. The summed E-state index contributed by atoms with van der Waals surface area (Å²) < 4.78 is 1.97. The van der Waals surface area contributed by atoms with Crippen LogP contribution in [0.1, 0.15) is 0 Å². The van der Waals surface area contributed by atoms with Crippen LogP contribution in [0.4, 0.5) is 17.1 Å². The van der Waals surface area contributed by atoms with E-state index in [1.807, 2.05) is 36.4 Å². The minimum absolute atomic E-state index is 0.214. The van der Waals surface area contributed by atoms with Crippen LogP contribution in [0.3, 0.4) is 0 Å². The van der Waals surface area contributed by atoms with Gasteiger partial charge in [-0.1, -0.05) is 92.1 Å². The molecule has 3 rings (SSSR count). The van der Waals surface area contributed by atoms with Crippen molar-refractivity contribution < 1.29 is 0 Å². The molecule has 0 unspecified atom stereocenters. The molecule has 0 atom stereocenters. The number of hydrogen-bond donors (Lipinski definition) is 2. The van der Waals surface area contributed by atoms with Gasteiger partial charge in [0.05, 0.1) is 42.2 Å². The first kappa shape index (κ1) is 26.6. The number of benzene rings is 3. The van der Waals surface area contributed by atoms with Crippen molar-refractivity contribution in [2.75, 3.05) is 15.4 Å². The number of nitrogens with two attached hydrogens (primary N) is 2. The van der Waals surface area contributed by atoms with Gasteiger partial charge >= 0.3 is 0 Å². The van der Waals surface area contributed by atoms with Crippen molar-refractivity contribution in [3.8, 4) is 0 Å². The van der Waals surface area contributed by atoms with E-state index in [1.165, 1.54) is 6.07 Å². The minimum Gasteiger partial charge on any atom is -0.398 e. The van der Waals surface area contributed by atoms with Gasteiger partial charge in [-0.2, -0.15) is 3.94 Å². The first-order valence-electron chi connectivity index (χ1n) is 7.50. The highest BCUT2D eigenvalue weighted by Gasteiger charge is 2.09. The second kappa shape index (κ2) is 13.1. The number of anilines is 3. The molecule has 0 aromatic heterocycles. The molecule has 3 aromatic carbocycles. The molecule has 0 radical (unpaired) electrons. The molecule has 3 nitrogen and oxygen atoms in total. The zero-order chi connectivity index (χ0) is 22.1. The van der Waals surface area contributed by atoms with E-state index in [4.69, 9.17) is 93.0 Å². The molecule has 0 saturated heterocycles. The summed E-state index contributed by atoms with van der Waals surface area (Å²) in [6.45, 7) is 0. The van der Waals surface area contributed by atoms with Crippen LogP contribution in [0.15, 0.2) is 59.1 Å². The largest absolute Gasteiger partial charge is 0.398 e. The Bertz CT molecular complexity index is 914. The predicted octanol–water partition coefficient (Wildman–Crippen LogP) is 9.37. The van der Waals surface area contributed by atoms with Crippen LogP contribution in [0.5, 0.6) is 0 Å². The minimum atomic E-state index is 0.214.